The van der Waals surface area contributed by atoms with Crippen molar-refractivity contribution in [3.8, 4) is 0 Å². The maximum Gasteiger partial charge on any atom is 0.251 e. The van der Waals surface area contributed by atoms with E-state index in [2.05, 4.69) is 10.6 Å². The van der Waals surface area contributed by atoms with Crippen LogP contribution in [0.15, 0.2) is 24.3 Å². The Hall–Kier alpha value is -1.96. The number of amides is 2. The van der Waals surface area contributed by atoms with Gasteiger partial charge in [-0.25, -0.2) is 0 Å². The van der Waals surface area contributed by atoms with Crippen molar-refractivity contribution in [2.75, 3.05) is 5.32 Å². The van der Waals surface area contributed by atoms with Gasteiger partial charge in [-0.15, -0.1) is 11.3 Å². The molecule has 1 aromatic heterocycles. The van der Waals surface area contributed by atoms with Crippen molar-refractivity contribution in [3.05, 3.63) is 50.9 Å². The van der Waals surface area contributed by atoms with Gasteiger partial charge in [-0.1, -0.05) is 23.7 Å². The number of anilines is 1. The minimum absolute atomic E-state index is 0.157. The summed E-state index contributed by atoms with van der Waals surface area (Å²) in [6.45, 7) is 0. The standard InChI is InChI=1S/C18H18ClN3O2S2/c19-11-7-5-10(6-8-11)9-14(23)21-18(25)22-17-15(16(20)24)12-3-1-2-4-13(12)26-17/h5-8H,1-4,9H2,(H2,20,24)(H2,21,22,23,25). The average molecular weight is 408 g/mol. The normalized spacial score (nSPS) is 13.0. The minimum Gasteiger partial charge on any atom is -0.365 e. The second-order valence-corrected chi connectivity index (χ2v) is 8.03. The molecule has 2 aromatic rings. The molecule has 1 aliphatic rings. The number of thiophene rings is 1. The van der Waals surface area contributed by atoms with Crippen molar-refractivity contribution in [2.24, 2.45) is 5.73 Å². The van der Waals surface area contributed by atoms with Crippen molar-refractivity contribution in [1.82, 2.24) is 5.32 Å². The van der Waals surface area contributed by atoms with Crippen molar-refractivity contribution < 1.29 is 9.59 Å². The molecule has 0 saturated heterocycles. The van der Waals surface area contributed by atoms with Gasteiger partial charge in [0.05, 0.1) is 12.0 Å². The highest BCUT2D eigenvalue weighted by molar-refractivity contribution is 7.80. The van der Waals surface area contributed by atoms with Crippen LogP contribution in [0.3, 0.4) is 0 Å². The fourth-order valence-electron chi connectivity index (χ4n) is 3.01. The van der Waals surface area contributed by atoms with Crippen molar-refractivity contribution in [1.29, 1.82) is 0 Å². The summed E-state index contributed by atoms with van der Waals surface area (Å²) in [5, 5.41) is 7.00. The Balaban J connectivity index is 1.66. The molecule has 136 valence electrons. The Morgan fingerprint density at radius 1 is 1.19 bits per heavy atom. The van der Waals surface area contributed by atoms with E-state index in [1.807, 2.05) is 0 Å². The maximum atomic E-state index is 12.2. The summed E-state index contributed by atoms with van der Waals surface area (Å²) in [6.07, 6.45) is 4.13. The highest BCUT2D eigenvalue weighted by Crippen LogP contribution is 2.37. The number of hydrogen-bond acceptors (Lipinski definition) is 4. The van der Waals surface area contributed by atoms with Gasteiger partial charge in [0.25, 0.3) is 5.91 Å². The third-order valence-corrected chi connectivity index (χ3v) is 5.84. The second-order valence-electron chi connectivity index (χ2n) is 6.08. The van der Waals surface area contributed by atoms with Gasteiger partial charge in [0.15, 0.2) is 5.11 Å². The molecule has 3 rings (SSSR count). The number of rotatable bonds is 4. The predicted octanol–water partition coefficient (Wildman–Crippen LogP) is 3.43. The SMILES string of the molecule is NC(=O)c1c(NC(=S)NC(=O)Cc2ccc(Cl)cc2)sc2c1CCCC2. The van der Waals surface area contributed by atoms with Crippen molar-refractivity contribution in [3.63, 3.8) is 0 Å². The number of aryl methyl sites for hydroxylation is 1. The van der Waals surface area contributed by atoms with E-state index in [9.17, 15) is 9.59 Å². The van der Waals surface area contributed by atoms with E-state index < -0.39 is 5.91 Å². The molecular weight excluding hydrogens is 390 g/mol. The number of carbonyl (C=O) groups excluding carboxylic acids is 2. The highest BCUT2D eigenvalue weighted by atomic mass is 35.5. The highest BCUT2D eigenvalue weighted by Gasteiger charge is 2.24. The molecule has 0 unspecified atom stereocenters. The summed E-state index contributed by atoms with van der Waals surface area (Å²) in [7, 11) is 0. The molecule has 4 N–H and O–H groups in total. The fraction of sp³-hybridized carbons (Fsp3) is 0.278. The topological polar surface area (TPSA) is 84.2 Å². The Labute approximate surface area is 165 Å². The van der Waals surface area contributed by atoms with Crippen LogP contribution < -0.4 is 16.4 Å². The molecule has 5 nitrogen and oxygen atoms in total. The van der Waals surface area contributed by atoms with Gasteiger partial charge < -0.3 is 16.4 Å². The third-order valence-electron chi connectivity index (χ3n) is 4.18. The first-order valence-electron chi connectivity index (χ1n) is 8.23. The Kier molecular flexibility index (Phi) is 5.90. The number of benzene rings is 1. The quantitative estimate of drug-likeness (QED) is 0.678. The largest absolute Gasteiger partial charge is 0.365 e. The summed E-state index contributed by atoms with van der Waals surface area (Å²) in [5.41, 5.74) is 7.91. The predicted molar refractivity (Wildman–Crippen MR) is 109 cm³/mol. The molecule has 2 amide bonds. The number of carbonyl (C=O) groups is 2. The summed E-state index contributed by atoms with van der Waals surface area (Å²) < 4.78 is 0. The molecule has 0 atom stereocenters. The van der Waals surface area contributed by atoms with Crippen LogP contribution in [-0.2, 0) is 24.1 Å². The molecule has 0 spiro atoms. The first-order valence-corrected chi connectivity index (χ1v) is 9.84. The number of nitrogens with two attached hydrogens (primary N) is 1. The van der Waals surface area contributed by atoms with E-state index in [0.29, 0.717) is 15.6 Å². The third kappa shape index (κ3) is 4.41. The summed E-state index contributed by atoms with van der Waals surface area (Å²) in [4.78, 5) is 25.2. The molecule has 1 aliphatic carbocycles. The molecule has 0 aliphatic heterocycles. The Morgan fingerprint density at radius 2 is 1.88 bits per heavy atom. The lowest BCUT2D eigenvalue weighted by Crippen LogP contribution is -2.35. The Bertz CT molecular complexity index is 862. The first kappa shape index (κ1) is 18.8. The van der Waals surface area contributed by atoms with Crippen molar-refractivity contribution in [2.45, 2.75) is 32.1 Å². The molecule has 8 heteroatoms. The molecule has 0 bridgehead atoms. The molecule has 1 aromatic carbocycles. The molecule has 0 fully saturated rings. The van der Waals surface area contributed by atoms with Gasteiger partial charge in [-0.2, -0.15) is 0 Å². The zero-order valence-corrected chi connectivity index (χ0v) is 16.3. The van der Waals surface area contributed by atoms with Crippen LogP contribution in [-0.4, -0.2) is 16.9 Å². The fourth-order valence-corrected chi connectivity index (χ4v) is 4.71. The molecule has 1 heterocycles. The van der Waals surface area contributed by atoms with E-state index in [1.54, 1.807) is 24.3 Å². The lowest BCUT2D eigenvalue weighted by atomic mass is 9.95. The van der Waals surface area contributed by atoms with Gasteiger partial charge in [0.2, 0.25) is 5.91 Å². The van der Waals surface area contributed by atoms with Crippen LogP contribution in [0.4, 0.5) is 5.00 Å². The van der Waals surface area contributed by atoms with Gasteiger partial charge in [0.1, 0.15) is 5.00 Å². The van der Waals surface area contributed by atoms with E-state index in [-0.39, 0.29) is 17.4 Å². The lowest BCUT2D eigenvalue weighted by Gasteiger charge is -2.11. The van der Waals surface area contributed by atoms with Crippen LogP contribution in [0.1, 0.15) is 39.2 Å². The number of halogens is 1. The summed E-state index contributed by atoms with van der Waals surface area (Å²) in [5.74, 6) is -0.714. The molecule has 0 saturated carbocycles. The van der Waals surface area contributed by atoms with E-state index in [0.717, 1.165) is 36.8 Å². The monoisotopic (exact) mass is 407 g/mol. The van der Waals surface area contributed by atoms with Crippen LogP contribution in [0.2, 0.25) is 5.02 Å². The van der Waals surface area contributed by atoms with Crippen LogP contribution in [0, 0.1) is 0 Å². The number of fused-ring (bicyclic) bond motifs is 1. The van der Waals surface area contributed by atoms with Crippen LogP contribution >= 0.6 is 35.2 Å². The number of hydrogen-bond donors (Lipinski definition) is 3. The van der Waals surface area contributed by atoms with Crippen molar-refractivity contribution >= 4 is 57.1 Å². The second kappa shape index (κ2) is 8.16. The molecule has 0 radical (unpaired) electrons. The summed E-state index contributed by atoms with van der Waals surface area (Å²) in [6, 6.07) is 7.04. The number of primary amides is 1. The van der Waals surface area contributed by atoms with Gasteiger partial charge in [-0.3, -0.25) is 9.59 Å². The Morgan fingerprint density at radius 3 is 2.58 bits per heavy atom. The smallest absolute Gasteiger partial charge is 0.251 e. The minimum atomic E-state index is -0.470. The average Bonchev–Trinajstić information content (AvgIpc) is 2.94. The maximum absolute atomic E-state index is 12.2. The van der Waals surface area contributed by atoms with Gasteiger partial charge in [-0.05, 0) is 61.2 Å². The molecule has 26 heavy (non-hydrogen) atoms. The van der Waals surface area contributed by atoms with E-state index in [4.69, 9.17) is 29.6 Å². The van der Waals surface area contributed by atoms with E-state index in [1.165, 1.54) is 16.2 Å². The van der Waals surface area contributed by atoms with Gasteiger partial charge >= 0.3 is 0 Å². The molecular formula is C18H18ClN3O2S2. The first-order chi connectivity index (χ1) is 12.4. The van der Waals surface area contributed by atoms with Crippen LogP contribution in [0.25, 0.3) is 0 Å². The lowest BCUT2D eigenvalue weighted by molar-refractivity contribution is -0.119. The number of nitrogens with one attached hydrogen (secondary N) is 2. The zero-order chi connectivity index (χ0) is 18.7. The van der Waals surface area contributed by atoms with Crippen LogP contribution in [0.5, 0.6) is 0 Å². The summed E-state index contributed by atoms with van der Waals surface area (Å²) >= 11 is 12.6. The van der Waals surface area contributed by atoms with E-state index >= 15 is 0 Å². The zero-order valence-electron chi connectivity index (χ0n) is 13.9. The van der Waals surface area contributed by atoms with Gasteiger partial charge in [0, 0.05) is 9.90 Å². The number of thiocarbonyl (C=S) groups is 1.